The number of halogens is 1. The Morgan fingerprint density at radius 3 is 2.52 bits per heavy atom. The average Bonchev–Trinajstić information content (AvgIpc) is 2.65. The monoisotopic (exact) mass is 420 g/mol. The molecule has 27 heavy (non-hydrogen) atoms. The van der Waals surface area contributed by atoms with Crippen molar-refractivity contribution in [3.63, 3.8) is 0 Å². The Hall–Kier alpha value is -3.19. The van der Waals surface area contributed by atoms with Crippen molar-refractivity contribution in [3.05, 3.63) is 71.1 Å². The van der Waals surface area contributed by atoms with Gasteiger partial charge in [0.1, 0.15) is 12.0 Å². The number of nitrogens with zero attached hydrogens (tertiary/aromatic N) is 3. The molecule has 0 radical (unpaired) electrons. The molecular weight excluding hydrogens is 404 g/mol. The predicted octanol–water partition coefficient (Wildman–Crippen LogP) is 5.17. The first-order chi connectivity index (χ1) is 13.1. The van der Waals surface area contributed by atoms with E-state index in [0.29, 0.717) is 17.3 Å². The highest BCUT2D eigenvalue weighted by atomic mass is 79.9. The minimum atomic E-state index is 0.439. The molecule has 6 nitrogen and oxygen atoms in total. The van der Waals surface area contributed by atoms with E-state index >= 15 is 0 Å². The van der Waals surface area contributed by atoms with Gasteiger partial charge in [-0.3, -0.25) is 4.98 Å². The highest BCUT2D eigenvalue weighted by Crippen LogP contribution is 2.31. The van der Waals surface area contributed by atoms with Gasteiger partial charge in [-0.2, -0.15) is 0 Å². The third-order valence-corrected chi connectivity index (χ3v) is 4.59. The van der Waals surface area contributed by atoms with Gasteiger partial charge in [0.2, 0.25) is 0 Å². The van der Waals surface area contributed by atoms with Crippen LogP contribution in [-0.4, -0.2) is 15.0 Å². The smallest absolute Gasteiger partial charge is 0.159 e. The van der Waals surface area contributed by atoms with Gasteiger partial charge >= 0.3 is 0 Å². The normalized spacial score (nSPS) is 10.7. The molecule has 0 bridgehead atoms. The Labute approximate surface area is 165 Å². The highest BCUT2D eigenvalue weighted by Gasteiger charge is 2.11. The number of anilines is 5. The maximum absolute atomic E-state index is 6.31. The van der Waals surface area contributed by atoms with Crippen molar-refractivity contribution in [1.29, 1.82) is 0 Å². The summed E-state index contributed by atoms with van der Waals surface area (Å²) < 4.78 is 0.969. The molecule has 2 aromatic heterocycles. The standard InChI is InChI=1S/C20H17BrN6/c1-12-8-9-15-16(25-12)6-3-7-17(15)27-20-18(22)19(23-11-24-20)26-14-5-2-4-13(21)10-14/h2-11H,22H2,1H3,(H2,23,24,26,27). The number of aryl methyl sites for hydroxylation is 1. The molecular formula is C20H17BrN6. The SMILES string of the molecule is Cc1ccc2c(Nc3ncnc(Nc4cccc(Br)c4)c3N)cccc2n1. The molecule has 2 aromatic carbocycles. The zero-order chi connectivity index (χ0) is 18.8. The average molecular weight is 421 g/mol. The number of fused-ring (bicyclic) bond motifs is 1. The molecule has 134 valence electrons. The van der Waals surface area contributed by atoms with E-state index in [1.54, 1.807) is 0 Å². The topological polar surface area (TPSA) is 88.8 Å². The van der Waals surface area contributed by atoms with Crippen LogP contribution in [0.25, 0.3) is 10.9 Å². The Morgan fingerprint density at radius 1 is 0.926 bits per heavy atom. The molecule has 0 aliphatic carbocycles. The second kappa shape index (κ2) is 7.20. The Kier molecular flexibility index (Phi) is 4.60. The first-order valence-corrected chi connectivity index (χ1v) is 9.16. The summed E-state index contributed by atoms with van der Waals surface area (Å²) in [4.78, 5) is 13.1. The van der Waals surface area contributed by atoms with Crippen molar-refractivity contribution in [3.8, 4) is 0 Å². The van der Waals surface area contributed by atoms with Crippen LogP contribution < -0.4 is 16.4 Å². The lowest BCUT2D eigenvalue weighted by Crippen LogP contribution is -2.05. The van der Waals surface area contributed by atoms with Crippen molar-refractivity contribution in [1.82, 2.24) is 15.0 Å². The van der Waals surface area contributed by atoms with Crippen LogP contribution in [0.3, 0.4) is 0 Å². The van der Waals surface area contributed by atoms with Crippen LogP contribution in [0.1, 0.15) is 5.69 Å². The van der Waals surface area contributed by atoms with E-state index in [4.69, 9.17) is 5.73 Å². The second-order valence-electron chi connectivity index (χ2n) is 6.07. The fourth-order valence-electron chi connectivity index (χ4n) is 2.79. The Balaban J connectivity index is 1.67. The van der Waals surface area contributed by atoms with E-state index in [0.717, 1.165) is 32.4 Å². The van der Waals surface area contributed by atoms with Crippen molar-refractivity contribution < 1.29 is 0 Å². The lowest BCUT2D eigenvalue weighted by Gasteiger charge is -2.14. The molecule has 0 aliphatic heterocycles. The predicted molar refractivity (Wildman–Crippen MR) is 114 cm³/mol. The van der Waals surface area contributed by atoms with Gasteiger partial charge < -0.3 is 16.4 Å². The first kappa shape index (κ1) is 17.2. The van der Waals surface area contributed by atoms with E-state index in [2.05, 4.69) is 41.5 Å². The fourth-order valence-corrected chi connectivity index (χ4v) is 3.19. The lowest BCUT2D eigenvalue weighted by molar-refractivity contribution is 1.17. The summed E-state index contributed by atoms with van der Waals surface area (Å²) >= 11 is 3.46. The number of benzene rings is 2. The first-order valence-electron chi connectivity index (χ1n) is 8.36. The quantitative estimate of drug-likeness (QED) is 0.422. The van der Waals surface area contributed by atoms with Crippen LogP contribution in [0.15, 0.2) is 65.4 Å². The molecule has 0 atom stereocenters. The zero-order valence-corrected chi connectivity index (χ0v) is 16.2. The van der Waals surface area contributed by atoms with E-state index in [9.17, 15) is 0 Å². The van der Waals surface area contributed by atoms with Crippen molar-refractivity contribution in [2.24, 2.45) is 0 Å². The van der Waals surface area contributed by atoms with Gasteiger partial charge in [0, 0.05) is 26.9 Å². The number of nitrogens with two attached hydrogens (primary N) is 1. The molecule has 0 saturated heterocycles. The molecule has 2 heterocycles. The number of hydrogen-bond acceptors (Lipinski definition) is 6. The molecule has 0 aliphatic rings. The van der Waals surface area contributed by atoms with Crippen molar-refractivity contribution >= 4 is 55.5 Å². The number of pyridine rings is 1. The van der Waals surface area contributed by atoms with Gasteiger partial charge in [0.15, 0.2) is 11.6 Å². The van der Waals surface area contributed by atoms with Gasteiger partial charge in [-0.05, 0) is 49.4 Å². The summed E-state index contributed by atoms with van der Waals surface area (Å²) in [6, 6.07) is 17.7. The summed E-state index contributed by atoms with van der Waals surface area (Å²) in [5.41, 5.74) is 10.4. The number of nitrogen functional groups attached to an aromatic ring is 1. The summed E-state index contributed by atoms with van der Waals surface area (Å²) in [6.45, 7) is 1.97. The fraction of sp³-hybridized carbons (Fsp3) is 0.0500. The maximum atomic E-state index is 6.31. The van der Waals surface area contributed by atoms with Crippen LogP contribution in [0.4, 0.5) is 28.7 Å². The van der Waals surface area contributed by atoms with Gasteiger partial charge in [-0.15, -0.1) is 0 Å². The Morgan fingerprint density at radius 2 is 1.70 bits per heavy atom. The van der Waals surface area contributed by atoms with Crippen molar-refractivity contribution in [2.45, 2.75) is 6.92 Å². The van der Waals surface area contributed by atoms with Gasteiger partial charge in [-0.1, -0.05) is 28.1 Å². The summed E-state index contributed by atoms with van der Waals surface area (Å²) in [5.74, 6) is 1.08. The molecule has 4 aromatic rings. The van der Waals surface area contributed by atoms with E-state index in [-0.39, 0.29) is 0 Å². The molecule has 4 N–H and O–H groups in total. The summed E-state index contributed by atoms with van der Waals surface area (Å²) in [6.07, 6.45) is 1.48. The lowest BCUT2D eigenvalue weighted by atomic mass is 10.1. The largest absolute Gasteiger partial charge is 0.393 e. The molecule has 4 rings (SSSR count). The van der Waals surface area contributed by atoms with Crippen LogP contribution >= 0.6 is 15.9 Å². The highest BCUT2D eigenvalue weighted by molar-refractivity contribution is 9.10. The van der Waals surface area contributed by atoms with Crippen LogP contribution in [-0.2, 0) is 0 Å². The second-order valence-corrected chi connectivity index (χ2v) is 6.99. The number of nitrogens with one attached hydrogen (secondary N) is 2. The third-order valence-electron chi connectivity index (χ3n) is 4.10. The molecule has 0 fully saturated rings. The summed E-state index contributed by atoms with van der Waals surface area (Å²) in [7, 11) is 0. The van der Waals surface area contributed by atoms with Crippen molar-refractivity contribution in [2.75, 3.05) is 16.4 Å². The van der Waals surface area contributed by atoms with E-state index in [1.165, 1.54) is 6.33 Å². The number of hydrogen-bond donors (Lipinski definition) is 3. The number of aromatic nitrogens is 3. The molecule has 7 heteroatoms. The number of rotatable bonds is 4. The zero-order valence-electron chi connectivity index (χ0n) is 14.6. The molecule has 0 amide bonds. The van der Waals surface area contributed by atoms with Crippen LogP contribution in [0.2, 0.25) is 0 Å². The van der Waals surface area contributed by atoms with Crippen LogP contribution in [0.5, 0.6) is 0 Å². The van der Waals surface area contributed by atoms with E-state index in [1.807, 2.05) is 61.5 Å². The van der Waals surface area contributed by atoms with E-state index < -0.39 is 0 Å². The van der Waals surface area contributed by atoms with Gasteiger partial charge in [0.05, 0.1) is 5.52 Å². The van der Waals surface area contributed by atoms with Crippen LogP contribution in [0, 0.1) is 6.92 Å². The molecule has 0 unspecified atom stereocenters. The van der Waals surface area contributed by atoms with Gasteiger partial charge in [-0.25, -0.2) is 9.97 Å². The maximum Gasteiger partial charge on any atom is 0.159 e. The third kappa shape index (κ3) is 3.68. The van der Waals surface area contributed by atoms with Gasteiger partial charge in [0.25, 0.3) is 0 Å². The molecule has 0 spiro atoms. The minimum absolute atomic E-state index is 0.439. The molecule has 0 saturated carbocycles. The Bertz CT molecular complexity index is 1130. The minimum Gasteiger partial charge on any atom is -0.393 e. The summed E-state index contributed by atoms with van der Waals surface area (Å²) in [5, 5.41) is 7.53.